The van der Waals surface area contributed by atoms with Gasteiger partial charge in [-0.05, 0) is 31.0 Å². The van der Waals surface area contributed by atoms with Crippen molar-refractivity contribution in [3.05, 3.63) is 34.6 Å². The Morgan fingerprint density at radius 1 is 1.42 bits per heavy atom. The highest BCUT2D eigenvalue weighted by molar-refractivity contribution is 9.09. The molecule has 1 fully saturated rings. The molecule has 1 aromatic carbocycles. The molecule has 104 valence electrons. The van der Waals surface area contributed by atoms with Crippen LogP contribution in [0.5, 0.6) is 0 Å². The van der Waals surface area contributed by atoms with E-state index in [2.05, 4.69) is 15.9 Å². The van der Waals surface area contributed by atoms with E-state index in [-0.39, 0.29) is 17.5 Å². The van der Waals surface area contributed by atoms with Crippen LogP contribution in [-0.2, 0) is 0 Å². The Morgan fingerprint density at radius 3 is 2.95 bits per heavy atom. The molecular formula is C14H16BrClFNO. The van der Waals surface area contributed by atoms with Crippen LogP contribution in [0.25, 0.3) is 0 Å². The van der Waals surface area contributed by atoms with Crippen LogP contribution in [0.3, 0.4) is 0 Å². The van der Waals surface area contributed by atoms with Crippen molar-refractivity contribution in [1.29, 1.82) is 0 Å². The Bertz CT molecular complexity index is 469. The minimum atomic E-state index is -0.507. The fourth-order valence-electron chi connectivity index (χ4n) is 2.42. The number of hydrogen-bond donors (Lipinski definition) is 0. The number of carbonyl (C=O) groups is 1. The third kappa shape index (κ3) is 3.48. The van der Waals surface area contributed by atoms with E-state index >= 15 is 0 Å². The van der Waals surface area contributed by atoms with Gasteiger partial charge in [-0.3, -0.25) is 4.79 Å². The molecule has 2 nitrogen and oxygen atoms in total. The Balaban J connectivity index is 2.27. The minimum Gasteiger partial charge on any atom is -0.335 e. The smallest absolute Gasteiger partial charge is 0.257 e. The lowest BCUT2D eigenvalue weighted by atomic mass is 10.1. The van der Waals surface area contributed by atoms with Gasteiger partial charge in [-0.25, -0.2) is 4.39 Å². The zero-order valence-corrected chi connectivity index (χ0v) is 12.9. The fraction of sp³-hybridized carbons (Fsp3) is 0.500. The summed E-state index contributed by atoms with van der Waals surface area (Å²) in [7, 11) is 0. The minimum absolute atomic E-state index is 0.0698. The van der Waals surface area contributed by atoms with E-state index in [0.29, 0.717) is 11.6 Å². The van der Waals surface area contributed by atoms with Crippen LogP contribution >= 0.6 is 27.5 Å². The number of carbonyl (C=O) groups excluding carboxylic acids is 1. The highest BCUT2D eigenvalue weighted by atomic mass is 79.9. The van der Waals surface area contributed by atoms with Crippen molar-refractivity contribution in [2.24, 2.45) is 0 Å². The average Bonchev–Trinajstić information content (AvgIpc) is 2.65. The Kier molecular flexibility index (Phi) is 5.22. The van der Waals surface area contributed by atoms with Crippen LogP contribution < -0.4 is 0 Å². The van der Waals surface area contributed by atoms with Gasteiger partial charge in [0.2, 0.25) is 0 Å². The van der Waals surface area contributed by atoms with Crippen molar-refractivity contribution in [2.75, 3.05) is 11.9 Å². The molecule has 0 bridgehead atoms. The molecule has 0 N–H and O–H groups in total. The van der Waals surface area contributed by atoms with Crippen molar-refractivity contribution in [2.45, 2.75) is 31.7 Å². The second-order valence-corrected chi connectivity index (χ2v) is 5.86. The van der Waals surface area contributed by atoms with E-state index in [4.69, 9.17) is 11.6 Å². The van der Waals surface area contributed by atoms with Crippen molar-refractivity contribution >= 4 is 33.4 Å². The molecule has 0 aromatic heterocycles. The van der Waals surface area contributed by atoms with E-state index < -0.39 is 5.82 Å². The van der Waals surface area contributed by atoms with E-state index in [0.717, 1.165) is 31.0 Å². The Hall–Kier alpha value is -0.610. The Labute approximate surface area is 126 Å². The van der Waals surface area contributed by atoms with Gasteiger partial charge in [-0.15, -0.1) is 0 Å². The molecule has 1 aliphatic heterocycles. The number of likely N-dealkylation sites (tertiary alicyclic amines) is 1. The molecule has 1 aliphatic rings. The van der Waals surface area contributed by atoms with Crippen LogP contribution in [0, 0.1) is 5.82 Å². The maximum Gasteiger partial charge on any atom is 0.257 e. The number of rotatable bonds is 2. The lowest BCUT2D eigenvalue weighted by molar-refractivity contribution is 0.0697. The number of amides is 1. The molecule has 1 heterocycles. The van der Waals surface area contributed by atoms with Gasteiger partial charge in [0.05, 0.1) is 5.56 Å². The Morgan fingerprint density at radius 2 is 2.21 bits per heavy atom. The summed E-state index contributed by atoms with van der Waals surface area (Å²) in [5, 5.41) is 1.11. The van der Waals surface area contributed by atoms with Gasteiger partial charge in [0.1, 0.15) is 5.82 Å². The van der Waals surface area contributed by atoms with Crippen molar-refractivity contribution in [1.82, 2.24) is 4.90 Å². The van der Waals surface area contributed by atoms with Gasteiger partial charge >= 0.3 is 0 Å². The van der Waals surface area contributed by atoms with Gasteiger partial charge in [0.25, 0.3) is 5.91 Å². The summed E-state index contributed by atoms with van der Waals surface area (Å²) in [4.78, 5) is 14.3. The van der Waals surface area contributed by atoms with Gasteiger partial charge in [-0.2, -0.15) is 0 Å². The third-order valence-electron chi connectivity index (χ3n) is 3.47. The maximum atomic E-state index is 13.8. The first kappa shape index (κ1) is 14.8. The number of benzene rings is 1. The molecule has 2 rings (SSSR count). The lowest BCUT2D eigenvalue weighted by Gasteiger charge is -2.29. The summed E-state index contributed by atoms with van der Waals surface area (Å²) in [5.41, 5.74) is 0.0698. The molecule has 1 unspecified atom stereocenters. The SMILES string of the molecule is O=C(c1cc(Cl)ccc1F)N1CCCCCC1CBr. The van der Waals surface area contributed by atoms with Gasteiger partial charge in [-0.1, -0.05) is 40.4 Å². The maximum absolute atomic E-state index is 13.8. The highest BCUT2D eigenvalue weighted by Gasteiger charge is 2.27. The molecule has 19 heavy (non-hydrogen) atoms. The summed E-state index contributed by atoms with van der Waals surface area (Å²) in [6, 6.07) is 4.25. The normalized spacial score (nSPS) is 20.2. The third-order valence-corrected chi connectivity index (χ3v) is 4.46. The average molecular weight is 349 g/mol. The molecule has 5 heteroatoms. The lowest BCUT2D eigenvalue weighted by Crippen LogP contribution is -2.41. The van der Waals surface area contributed by atoms with Crippen molar-refractivity contribution in [3.63, 3.8) is 0 Å². The molecule has 1 amide bonds. The molecule has 1 aromatic rings. The van der Waals surface area contributed by atoms with Gasteiger partial charge in [0.15, 0.2) is 0 Å². The van der Waals surface area contributed by atoms with Crippen LogP contribution in [0.4, 0.5) is 4.39 Å². The predicted octanol–water partition coefficient (Wildman–Crippen LogP) is 4.26. The molecule has 1 saturated heterocycles. The fourth-order valence-corrected chi connectivity index (χ4v) is 3.27. The highest BCUT2D eigenvalue weighted by Crippen LogP contribution is 2.23. The summed E-state index contributed by atoms with van der Waals surface area (Å²) >= 11 is 9.30. The molecule has 0 saturated carbocycles. The van der Waals surface area contributed by atoms with Gasteiger partial charge in [0, 0.05) is 22.9 Å². The monoisotopic (exact) mass is 347 g/mol. The quantitative estimate of drug-likeness (QED) is 0.731. The van der Waals surface area contributed by atoms with E-state index in [1.54, 1.807) is 4.90 Å². The number of nitrogens with zero attached hydrogens (tertiary/aromatic N) is 1. The van der Waals surface area contributed by atoms with Crippen molar-refractivity contribution < 1.29 is 9.18 Å². The van der Waals surface area contributed by atoms with Crippen LogP contribution in [0.1, 0.15) is 36.0 Å². The second-order valence-electron chi connectivity index (χ2n) is 4.78. The molecular weight excluding hydrogens is 333 g/mol. The zero-order chi connectivity index (χ0) is 13.8. The van der Waals surface area contributed by atoms with Crippen molar-refractivity contribution in [3.8, 4) is 0 Å². The zero-order valence-electron chi connectivity index (χ0n) is 10.5. The topological polar surface area (TPSA) is 20.3 Å². The van der Waals surface area contributed by atoms with E-state index in [9.17, 15) is 9.18 Å². The molecule has 0 radical (unpaired) electrons. The van der Waals surface area contributed by atoms with E-state index in [1.165, 1.54) is 18.2 Å². The predicted molar refractivity (Wildman–Crippen MR) is 78.5 cm³/mol. The van der Waals surface area contributed by atoms with Crippen LogP contribution in [0.15, 0.2) is 18.2 Å². The summed E-state index contributed by atoms with van der Waals surface area (Å²) in [6.07, 6.45) is 4.15. The molecule has 1 atom stereocenters. The molecule has 0 aliphatic carbocycles. The summed E-state index contributed by atoms with van der Waals surface area (Å²) < 4.78 is 13.8. The summed E-state index contributed by atoms with van der Waals surface area (Å²) in [5.74, 6) is -0.765. The van der Waals surface area contributed by atoms with E-state index in [1.807, 2.05) is 0 Å². The number of hydrogen-bond acceptors (Lipinski definition) is 1. The first-order valence-electron chi connectivity index (χ1n) is 6.45. The van der Waals surface area contributed by atoms with Gasteiger partial charge < -0.3 is 4.90 Å². The second kappa shape index (κ2) is 6.71. The largest absolute Gasteiger partial charge is 0.335 e. The van der Waals surface area contributed by atoms with Crippen LogP contribution in [-0.4, -0.2) is 28.7 Å². The first-order chi connectivity index (χ1) is 9.13. The number of halogens is 3. The standard InChI is InChI=1S/C14H16BrClFNO/c15-9-11-4-2-1-3-7-18(11)14(19)12-8-10(16)5-6-13(12)17/h5-6,8,11H,1-4,7,9H2. The van der Waals surface area contributed by atoms with Crippen LogP contribution in [0.2, 0.25) is 5.02 Å². The number of alkyl halides is 1. The molecule has 0 spiro atoms. The first-order valence-corrected chi connectivity index (χ1v) is 7.95. The summed E-state index contributed by atoms with van der Waals surface area (Å²) in [6.45, 7) is 0.682.